The highest BCUT2D eigenvalue weighted by molar-refractivity contribution is 8.82. The summed E-state index contributed by atoms with van der Waals surface area (Å²) in [5, 5.41) is 0. The van der Waals surface area contributed by atoms with Crippen molar-refractivity contribution < 1.29 is 0 Å². The minimum atomic E-state index is 0.826. The second kappa shape index (κ2) is 5.65. The summed E-state index contributed by atoms with van der Waals surface area (Å²) >= 11 is 2.14. The van der Waals surface area contributed by atoms with Crippen molar-refractivity contribution in [1.29, 1.82) is 0 Å². The van der Waals surface area contributed by atoms with Gasteiger partial charge in [-0.25, -0.2) is 0 Å². The number of hydrogen-bond acceptors (Lipinski definition) is 3. The zero-order valence-corrected chi connectivity index (χ0v) is 9.66. The Morgan fingerprint density at radius 1 is 1.18 bits per heavy atom. The maximum absolute atomic E-state index is 2.31. The van der Waals surface area contributed by atoms with Crippen molar-refractivity contribution in [2.45, 2.75) is 48.7 Å². The lowest BCUT2D eigenvalue weighted by Gasteiger charge is -2.05. The van der Waals surface area contributed by atoms with Crippen LogP contribution < -0.4 is 0 Å². The van der Waals surface area contributed by atoms with E-state index in [0.717, 1.165) is 9.16 Å². The van der Waals surface area contributed by atoms with Gasteiger partial charge < -0.3 is 0 Å². The van der Waals surface area contributed by atoms with Gasteiger partial charge in [0.1, 0.15) is 0 Å². The number of thioether (sulfide) groups is 1. The normalized spacial score (nSPS) is 31.1. The molecule has 1 fully saturated rings. The molecule has 0 saturated carbocycles. The molecular weight excluding hydrogens is 192 g/mol. The van der Waals surface area contributed by atoms with Crippen LogP contribution in [-0.4, -0.2) is 9.16 Å². The Kier molecular flexibility index (Phi) is 5.21. The monoisotopic (exact) mass is 208 g/mol. The summed E-state index contributed by atoms with van der Waals surface area (Å²) in [6.45, 7) is 4.58. The van der Waals surface area contributed by atoms with Gasteiger partial charge in [0.2, 0.25) is 0 Å². The molecule has 0 bridgehead atoms. The molecule has 1 rings (SSSR count). The molecule has 0 aromatic carbocycles. The van der Waals surface area contributed by atoms with Crippen LogP contribution in [0.15, 0.2) is 0 Å². The molecule has 0 spiro atoms. The van der Waals surface area contributed by atoms with Crippen LogP contribution >= 0.6 is 33.3 Å². The summed E-state index contributed by atoms with van der Waals surface area (Å²) < 4.78 is 1.72. The summed E-state index contributed by atoms with van der Waals surface area (Å²) in [6, 6.07) is 0. The second-order valence-electron chi connectivity index (χ2n) is 2.82. The zero-order valence-electron chi connectivity index (χ0n) is 7.21. The van der Waals surface area contributed by atoms with Gasteiger partial charge in [-0.1, -0.05) is 47.8 Å². The van der Waals surface area contributed by atoms with E-state index in [1.54, 1.807) is 0 Å². The summed E-state index contributed by atoms with van der Waals surface area (Å²) in [6.07, 6.45) is 5.61. The van der Waals surface area contributed by atoms with Crippen LogP contribution in [0.5, 0.6) is 0 Å². The van der Waals surface area contributed by atoms with Gasteiger partial charge in [0.25, 0.3) is 0 Å². The quantitative estimate of drug-likeness (QED) is 0.497. The van der Waals surface area contributed by atoms with Crippen molar-refractivity contribution >= 4 is 33.3 Å². The minimum Gasteiger partial charge on any atom is -0.132 e. The van der Waals surface area contributed by atoms with Gasteiger partial charge >= 0.3 is 0 Å². The zero-order chi connectivity index (χ0) is 8.10. The lowest BCUT2D eigenvalue weighted by atomic mass is 10.2. The van der Waals surface area contributed by atoms with E-state index in [9.17, 15) is 0 Å². The predicted molar refractivity (Wildman–Crippen MR) is 60.2 cm³/mol. The van der Waals surface area contributed by atoms with Gasteiger partial charge in [-0.3, -0.25) is 0 Å². The van der Waals surface area contributed by atoms with Crippen LogP contribution in [0.2, 0.25) is 0 Å². The maximum atomic E-state index is 2.31. The van der Waals surface area contributed by atoms with Gasteiger partial charge in [-0.2, -0.15) is 0 Å². The molecule has 0 aromatic heterocycles. The number of rotatable bonds is 4. The fraction of sp³-hybridized carbons (Fsp3) is 1.00. The van der Waals surface area contributed by atoms with Crippen molar-refractivity contribution in [1.82, 2.24) is 0 Å². The van der Waals surface area contributed by atoms with Gasteiger partial charge in [0, 0.05) is 0 Å². The van der Waals surface area contributed by atoms with E-state index in [-0.39, 0.29) is 0 Å². The van der Waals surface area contributed by atoms with Gasteiger partial charge in [-0.15, -0.1) is 11.8 Å². The third-order valence-electron chi connectivity index (χ3n) is 1.69. The van der Waals surface area contributed by atoms with E-state index in [1.165, 1.54) is 25.7 Å². The van der Waals surface area contributed by atoms with Gasteiger partial charge in [-0.05, 0) is 13.3 Å². The lowest BCUT2D eigenvalue weighted by Crippen LogP contribution is -1.92. The van der Waals surface area contributed by atoms with Crippen LogP contribution in [0, 0.1) is 0 Å². The molecule has 2 atom stereocenters. The van der Waals surface area contributed by atoms with Crippen LogP contribution in [0.25, 0.3) is 0 Å². The highest BCUT2D eigenvalue weighted by atomic mass is 33.1. The van der Waals surface area contributed by atoms with Crippen LogP contribution in [-0.2, 0) is 0 Å². The van der Waals surface area contributed by atoms with Crippen molar-refractivity contribution in [3.63, 3.8) is 0 Å². The summed E-state index contributed by atoms with van der Waals surface area (Å²) in [7, 11) is 4.12. The Bertz CT molecular complexity index is 106. The predicted octanol–water partition coefficient (Wildman–Crippen LogP) is 4.37. The maximum Gasteiger partial charge on any atom is 0.0617 e. The molecule has 0 radical (unpaired) electrons. The van der Waals surface area contributed by atoms with E-state index in [1.807, 2.05) is 10.8 Å². The van der Waals surface area contributed by atoms with Gasteiger partial charge in [0.15, 0.2) is 0 Å². The van der Waals surface area contributed by atoms with Crippen molar-refractivity contribution in [2.24, 2.45) is 0 Å². The molecule has 66 valence electrons. The van der Waals surface area contributed by atoms with Crippen LogP contribution in [0.4, 0.5) is 0 Å². The van der Waals surface area contributed by atoms with E-state index in [2.05, 4.69) is 36.4 Å². The van der Waals surface area contributed by atoms with E-state index in [4.69, 9.17) is 0 Å². The van der Waals surface area contributed by atoms with Crippen molar-refractivity contribution in [3.8, 4) is 0 Å². The molecule has 0 N–H and O–H groups in total. The first-order valence-corrected chi connectivity index (χ1v) is 7.52. The van der Waals surface area contributed by atoms with Gasteiger partial charge in [0.05, 0.1) is 9.16 Å². The molecule has 11 heavy (non-hydrogen) atoms. The first-order valence-electron chi connectivity index (χ1n) is 4.30. The molecule has 1 aliphatic heterocycles. The molecule has 0 aromatic rings. The summed E-state index contributed by atoms with van der Waals surface area (Å²) in [4.78, 5) is 0. The SMILES string of the molecule is CCCCCC1SSC(C)S1. The van der Waals surface area contributed by atoms with E-state index in [0.29, 0.717) is 0 Å². The molecule has 0 nitrogen and oxygen atoms in total. The summed E-state index contributed by atoms with van der Waals surface area (Å²) in [5.41, 5.74) is 0. The molecule has 2 unspecified atom stereocenters. The van der Waals surface area contributed by atoms with Crippen molar-refractivity contribution in [3.05, 3.63) is 0 Å². The largest absolute Gasteiger partial charge is 0.132 e. The lowest BCUT2D eigenvalue weighted by molar-refractivity contribution is 0.697. The molecular formula is C8H16S3. The second-order valence-corrected chi connectivity index (χ2v) is 7.78. The van der Waals surface area contributed by atoms with Crippen LogP contribution in [0.1, 0.15) is 39.5 Å². The third-order valence-corrected chi connectivity index (χ3v) is 7.31. The highest BCUT2D eigenvalue weighted by Gasteiger charge is 2.22. The van der Waals surface area contributed by atoms with E-state index >= 15 is 0 Å². The molecule has 0 amide bonds. The van der Waals surface area contributed by atoms with Crippen LogP contribution in [0.3, 0.4) is 0 Å². The average molecular weight is 208 g/mol. The first kappa shape index (κ1) is 10.1. The number of unbranched alkanes of at least 4 members (excludes halogenated alkanes) is 2. The Hall–Kier alpha value is 1.05. The average Bonchev–Trinajstić information content (AvgIpc) is 2.37. The first-order chi connectivity index (χ1) is 5.33. The fourth-order valence-corrected chi connectivity index (χ4v) is 6.59. The smallest absolute Gasteiger partial charge is 0.0617 e. The Labute approximate surface area is 82.1 Å². The summed E-state index contributed by atoms with van der Waals surface area (Å²) in [5.74, 6) is 0. The minimum absolute atomic E-state index is 0.826. The standard InChI is InChI=1S/C8H16S3/c1-3-4-5-6-8-9-7(2)10-11-8/h7-8H,3-6H2,1-2H3. The van der Waals surface area contributed by atoms with Crippen molar-refractivity contribution in [2.75, 3.05) is 0 Å². The highest BCUT2D eigenvalue weighted by Crippen LogP contribution is 2.52. The Balaban J connectivity index is 1.99. The topological polar surface area (TPSA) is 0 Å². The number of hydrogen-bond donors (Lipinski definition) is 0. The van der Waals surface area contributed by atoms with E-state index < -0.39 is 0 Å². The Morgan fingerprint density at radius 3 is 2.55 bits per heavy atom. The Morgan fingerprint density at radius 2 is 2.00 bits per heavy atom. The molecule has 1 heterocycles. The molecule has 0 aliphatic carbocycles. The fourth-order valence-electron chi connectivity index (χ4n) is 1.08. The third kappa shape index (κ3) is 4.00. The molecule has 1 aliphatic rings. The molecule has 1 saturated heterocycles. The molecule has 3 heteroatoms.